The van der Waals surface area contributed by atoms with Gasteiger partial charge in [0.1, 0.15) is 4.47 Å². The molecule has 5 nitrogen and oxygen atoms in total. The van der Waals surface area contributed by atoms with Gasteiger partial charge in [-0.25, -0.2) is 4.68 Å². The highest BCUT2D eigenvalue weighted by atomic mass is 79.9. The van der Waals surface area contributed by atoms with Gasteiger partial charge in [-0.15, -0.1) is 0 Å². The minimum atomic E-state index is -0.0759. The number of hydrogen-bond acceptors (Lipinski definition) is 4. The highest BCUT2D eigenvalue weighted by Crippen LogP contribution is 2.16. The molecule has 0 unspecified atom stereocenters. The predicted molar refractivity (Wildman–Crippen MR) is 91.9 cm³/mol. The molecular formula is C15H27BrN4O. The van der Waals surface area contributed by atoms with Gasteiger partial charge in [0.25, 0.3) is 5.56 Å². The van der Waals surface area contributed by atoms with Crippen LogP contribution in [-0.2, 0) is 6.54 Å². The lowest BCUT2D eigenvalue weighted by Gasteiger charge is -2.21. The molecule has 1 rings (SSSR count). The molecule has 1 heterocycles. The lowest BCUT2D eigenvalue weighted by Crippen LogP contribution is -2.29. The number of halogens is 1. The quantitative estimate of drug-likeness (QED) is 0.726. The second-order valence-electron chi connectivity index (χ2n) is 6.11. The van der Waals surface area contributed by atoms with Gasteiger partial charge in [0.05, 0.1) is 11.9 Å². The molecule has 120 valence electrons. The van der Waals surface area contributed by atoms with Gasteiger partial charge < -0.3 is 10.2 Å². The zero-order valence-electron chi connectivity index (χ0n) is 13.7. The zero-order valence-corrected chi connectivity index (χ0v) is 15.3. The molecule has 0 aliphatic rings. The van der Waals surface area contributed by atoms with Crippen LogP contribution in [0.2, 0.25) is 0 Å². The summed E-state index contributed by atoms with van der Waals surface area (Å²) in [5.41, 5.74) is 0.695. The summed E-state index contributed by atoms with van der Waals surface area (Å²) >= 11 is 3.38. The first kappa shape index (κ1) is 18.2. The Morgan fingerprint density at radius 3 is 2.62 bits per heavy atom. The molecule has 0 amide bonds. The monoisotopic (exact) mass is 358 g/mol. The van der Waals surface area contributed by atoms with E-state index in [1.165, 1.54) is 4.68 Å². The van der Waals surface area contributed by atoms with Crippen molar-refractivity contribution >= 4 is 21.6 Å². The average molecular weight is 359 g/mol. The first-order valence-corrected chi connectivity index (χ1v) is 8.32. The van der Waals surface area contributed by atoms with Crippen LogP contribution in [0.15, 0.2) is 15.5 Å². The van der Waals surface area contributed by atoms with Crippen molar-refractivity contribution in [3.63, 3.8) is 0 Å². The molecular weight excluding hydrogens is 332 g/mol. The van der Waals surface area contributed by atoms with Crippen LogP contribution >= 0.6 is 15.9 Å². The van der Waals surface area contributed by atoms with Crippen LogP contribution in [-0.4, -0.2) is 40.9 Å². The summed E-state index contributed by atoms with van der Waals surface area (Å²) in [6, 6.07) is 0.554. The maximum Gasteiger partial charge on any atom is 0.283 e. The predicted octanol–water partition coefficient (Wildman–Crippen LogP) is 2.80. The van der Waals surface area contributed by atoms with E-state index < -0.39 is 0 Å². The molecule has 1 aromatic rings. The van der Waals surface area contributed by atoms with E-state index in [1.807, 2.05) is 0 Å². The molecule has 0 aliphatic carbocycles. The minimum absolute atomic E-state index is 0.0759. The summed E-state index contributed by atoms with van der Waals surface area (Å²) in [6.07, 6.45) is 2.75. The fraction of sp³-hybridized carbons (Fsp3) is 0.733. The number of nitrogens with zero attached hydrogens (tertiary/aromatic N) is 3. The van der Waals surface area contributed by atoms with Gasteiger partial charge in [0.15, 0.2) is 0 Å². The van der Waals surface area contributed by atoms with E-state index >= 15 is 0 Å². The zero-order chi connectivity index (χ0) is 16.0. The highest BCUT2D eigenvalue weighted by Gasteiger charge is 2.09. The van der Waals surface area contributed by atoms with Crippen LogP contribution in [0, 0.1) is 5.92 Å². The molecule has 1 N–H and O–H groups in total. The third kappa shape index (κ3) is 5.79. The van der Waals surface area contributed by atoms with Gasteiger partial charge in [-0.1, -0.05) is 13.8 Å². The van der Waals surface area contributed by atoms with Gasteiger partial charge in [0.2, 0.25) is 0 Å². The van der Waals surface area contributed by atoms with Crippen molar-refractivity contribution in [3.8, 4) is 0 Å². The third-order valence-electron chi connectivity index (χ3n) is 3.41. The van der Waals surface area contributed by atoms with Crippen molar-refractivity contribution < 1.29 is 0 Å². The first-order valence-electron chi connectivity index (χ1n) is 7.52. The molecule has 0 aliphatic heterocycles. The second-order valence-corrected chi connectivity index (χ2v) is 6.90. The summed E-state index contributed by atoms with van der Waals surface area (Å²) in [6.45, 7) is 11.0. The lowest BCUT2D eigenvalue weighted by molar-refractivity contribution is 0.273. The molecule has 1 aromatic heterocycles. The Labute approximate surface area is 135 Å². The Bertz CT molecular complexity index is 499. The van der Waals surface area contributed by atoms with Crippen LogP contribution in [0.3, 0.4) is 0 Å². The molecule has 0 aromatic carbocycles. The van der Waals surface area contributed by atoms with E-state index in [2.05, 4.69) is 66.0 Å². The van der Waals surface area contributed by atoms with Crippen molar-refractivity contribution in [2.75, 3.05) is 25.5 Å². The molecule has 0 bridgehead atoms. The SMILES string of the molecule is CC(C)Cn1ncc(NCCCN(C)C(C)C)c(Br)c1=O. The van der Waals surface area contributed by atoms with Crippen LogP contribution < -0.4 is 10.9 Å². The van der Waals surface area contributed by atoms with E-state index in [-0.39, 0.29) is 5.56 Å². The number of anilines is 1. The largest absolute Gasteiger partial charge is 0.383 e. The minimum Gasteiger partial charge on any atom is -0.383 e. The number of nitrogens with one attached hydrogen (secondary N) is 1. The molecule has 0 radical (unpaired) electrons. The van der Waals surface area contributed by atoms with E-state index in [0.717, 1.165) is 25.2 Å². The van der Waals surface area contributed by atoms with Gasteiger partial charge >= 0.3 is 0 Å². The smallest absolute Gasteiger partial charge is 0.283 e. The van der Waals surface area contributed by atoms with Crippen molar-refractivity contribution in [2.45, 2.75) is 46.7 Å². The van der Waals surface area contributed by atoms with Gasteiger partial charge in [-0.05, 0) is 55.7 Å². The molecule has 0 saturated carbocycles. The normalized spacial score (nSPS) is 11.7. The van der Waals surface area contributed by atoms with E-state index in [0.29, 0.717) is 23.0 Å². The molecule has 0 fully saturated rings. The Morgan fingerprint density at radius 1 is 1.38 bits per heavy atom. The Kier molecular flexibility index (Phi) is 7.39. The number of rotatable bonds is 8. The molecule has 0 atom stereocenters. The maximum atomic E-state index is 12.2. The number of hydrogen-bond donors (Lipinski definition) is 1. The Morgan fingerprint density at radius 2 is 2.05 bits per heavy atom. The summed E-state index contributed by atoms with van der Waals surface area (Å²) in [5.74, 6) is 0.396. The molecule has 6 heteroatoms. The lowest BCUT2D eigenvalue weighted by atomic mass is 10.2. The van der Waals surface area contributed by atoms with Crippen LogP contribution in [0.5, 0.6) is 0 Å². The van der Waals surface area contributed by atoms with Crippen molar-refractivity contribution in [3.05, 3.63) is 21.0 Å². The number of aromatic nitrogens is 2. The summed E-state index contributed by atoms with van der Waals surface area (Å²) < 4.78 is 2.07. The second kappa shape index (κ2) is 8.54. The maximum absolute atomic E-state index is 12.2. The van der Waals surface area contributed by atoms with Crippen LogP contribution in [0.4, 0.5) is 5.69 Å². The standard InChI is InChI=1S/C15H27BrN4O/c1-11(2)10-20-15(21)14(16)13(9-18-20)17-7-6-8-19(5)12(3)4/h9,11-12,17H,6-8,10H2,1-5H3. The fourth-order valence-electron chi connectivity index (χ4n) is 1.87. The van der Waals surface area contributed by atoms with Crippen molar-refractivity contribution in [2.24, 2.45) is 5.92 Å². The first-order chi connectivity index (χ1) is 9.82. The van der Waals surface area contributed by atoms with Crippen LogP contribution in [0.25, 0.3) is 0 Å². The third-order valence-corrected chi connectivity index (χ3v) is 4.17. The van der Waals surface area contributed by atoms with E-state index in [9.17, 15) is 4.79 Å². The Balaban J connectivity index is 2.57. The topological polar surface area (TPSA) is 50.2 Å². The van der Waals surface area contributed by atoms with Crippen molar-refractivity contribution in [1.29, 1.82) is 0 Å². The summed E-state index contributed by atoms with van der Waals surface area (Å²) in [5, 5.41) is 7.50. The molecule has 0 spiro atoms. The molecule has 21 heavy (non-hydrogen) atoms. The Hall–Kier alpha value is -0.880. The molecule has 0 saturated heterocycles. The average Bonchev–Trinajstić information content (AvgIpc) is 2.41. The van der Waals surface area contributed by atoms with Crippen LogP contribution in [0.1, 0.15) is 34.1 Å². The van der Waals surface area contributed by atoms with Gasteiger partial charge in [0, 0.05) is 19.1 Å². The summed E-state index contributed by atoms with van der Waals surface area (Å²) in [4.78, 5) is 14.5. The van der Waals surface area contributed by atoms with E-state index in [4.69, 9.17) is 0 Å². The van der Waals surface area contributed by atoms with E-state index in [1.54, 1.807) is 6.20 Å². The van der Waals surface area contributed by atoms with Gasteiger partial charge in [-0.3, -0.25) is 4.79 Å². The summed E-state index contributed by atoms with van der Waals surface area (Å²) in [7, 11) is 2.12. The fourth-order valence-corrected chi connectivity index (χ4v) is 2.32. The van der Waals surface area contributed by atoms with Gasteiger partial charge in [-0.2, -0.15) is 5.10 Å². The van der Waals surface area contributed by atoms with Crippen molar-refractivity contribution in [1.82, 2.24) is 14.7 Å². The highest BCUT2D eigenvalue weighted by molar-refractivity contribution is 9.10.